The van der Waals surface area contributed by atoms with E-state index in [-0.39, 0.29) is 5.82 Å². The van der Waals surface area contributed by atoms with E-state index in [1.807, 2.05) is 0 Å². The number of hydrogen-bond acceptors (Lipinski definition) is 6. The van der Waals surface area contributed by atoms with Crippen molar-refractivity contribution in [3.63, 3.8) is 0 Å². The third kappa shape index (κ3) is 3.45. The van der Waals surface area contributed by atoms with Gasteiger partial charge in [-0.15, -0.1) is 0 Å². The van der Waals surface area contributed by atoms with E-state index in [1.165, 1.54) is 12.1 Å². The number of nitrogens with zero attached hydrogens (tertiary/aromatic N) is 2. The largest absolute Gasteiger partial charge is 0.497 e. The van der Waals surface area contributed by atoms with E-state index in [4.69, 9.17) is 14.0 Å². The van der Waals surface area contributed by atoms with Gasteiger partial charge in [-0.2, -0.15) is 4.98 Å². The molecule has 0 fully saturated rings. The highest BCUT2D eigenvalue weighted by Gasteiger charge is 2.14. The fraction of sp³-hybridized carbons (Fsp3) is 0.176. The van der Waals surface area contributed by atoms with Gasteiger partial charge in [0.1, 0.15) is 17.3 Å². The lowest BCUT2D eigenvalue weighted by Crippen LogP contribution is -1.99. The smallest absolute Gasteiger partial charge is 0.246 e. The molecule has 0 aliphatic heterocycles. The first kappa shape index (κ1) is 15.8. The Kier molecular flexibility index (Phi) is 4.60. The van der Waals surface area contributed by atoms with Crippen LogP contribution in [0.2, 0.25) is 0 Å². The predicted octanol–water partition coefficient (Wildman–Crippen LogP) is 3.51. The van der Waals surface area contributed by atoms with Gasteiger partial charge in [0.25, 0.3) is 0 Å². The van der Waals surface area contributed by atoms with Crippen LogP contribution in [-0.2, 0) is 6.54 Å². The first-order valence-electron chi connectivity index (χ1n) is 7.24. The van der Waals surface area contributed by atoms with Crippen molar-refractivity contribution < 1.29 is 18.4 Å². The van der Waals surface area contributed by atoms with Crippen molar-refractivity contribution in [3.05, 3.63) is 54.2 Å². The summed E-state index contributed by atoms with van der Waals surface area (Å²) in [5, 5.41) is 7.06. The average molecular weight is 329 g/mol. The Balaban J connectivity index is 1.74. The lowest BCUT2D eigenvalue weighted by Gasteiger charge is -2.07. The molecule has 0 amide bonds. The number of aromatic nitrogens is 2. The Morgan fingerprint density at radius 3 is 2.58 bits per heavy atom. The van der Waals surface area contributed by atoms with Crippen molar-refractivity contribution in [2.45, 2.75) is 6.54 Å². The molecule has 1 aromatic heterocycles. The van der Waals surface area contributed by atoms with Gasteiger partial charge >= 0.3 is 0 Å². The highest BCUT2D eigenvalue weighted by atomic mass is 19.1. The number of hydrogen-bond donors (Lipinski definition) is 1. The Morgan fingerprint density at radius 1 is 1.08 bits per heavy atom. The molecule has 6 nitrogen and oxygen atoms in total. The first-order valence-corrected chi connectivity index (χ1v) is 7.24. The molecule has 0 aliphatic carbocycles. The van der Waals surface area contributed by atoms with Crippen LogP contribution in [0.1, 0.15) is 5.89 Å². The molecule has 3 rings (SSSR count). The van der Waals surface area contributed by atoms with E-state index in [1.54, 1.807) is 44.6 Å². The van der Waals surface area contributed by atoms with Crippen LogP contribution in [0.15, 0.2) is 47.0 Å². The van der Waals surface area contributed by atoms with Gasteiger partial charge in [-0.3, -0.25) is 0 Å². The molecular weight excluding hydrogens is 313 g/mol. The quantitative estimate of drug-likeness (QED) is 0.746. The number of rotatable bonds is 6. The normalized spacial score (nSPS) is 10.5. The minimum atomic E-state index is -0.285. The molecular formula is C17H16FN3O3. The number of benzene rings is 2. The Labute approximate surface area is 138 Å². The molecule has 7 heteroatoms. The molecule has 0 spiro atoms. The Morgan fingerprint density at radius 2 is 1.88 bits per heavy atom. The number of nitrogens with one attached hydrogen (secondary N) is 1. The van der Waals surface area contributed by atoms with Crippen LogP contribution in [0.25, 0.3) is 11.4 Å². The van der Waals surface area contributed by atoms with Gasteiger partial charge in [0.05, 0.1) is 26.3 Å². The second-order valence-electron chi connectivity index (χ2n) is 4.94. The maximum Gasteiger partial charge on any atom is 0.246 e. The summed E-state index contributed by atoms with van der Waals surface area (Å²) in [6.07, 6.45) is 0. The van der Waals surface area contributed by atoms with Gasteiger partial charge in [0.2, 0.25) is 11.7 Å². The molecule has 0 radical (unpaired) electrons. The minimum Gasteiger partial charge on any atom is -0.497 e. The summed E-state index contributed by atoms with van der Waals surface area (Å²) in [6, 6.07) is 11.4. The summed E-state index contributed by atoms with van der Waals surface area (Å²) in [5.74, 6) is 1.82. The van der Waals surface area contributed by atoms with Crippen LogP contribution in [0, 0.1) is 5.82 Å². The summed E-state index contributed by atoms with van der Waals surface area (Å²) in [7, 11) is 3.15. The van der Waals surface area contributed by atoms with Gasteiger partial charge in [0, 0.05) is 11.8 Å². The monoisotopic (exact) mass is 329 g/mol. The molecule has 0 unspecified atom stereocenters. The zero-order chi connectivity index (χ0) is 16.9. The molecule has 0 bridgehead atoms. The van der Waals surface area contributed by atoms with Crippen LogP contribution in [0.5, 0.6) is 11.5 Å². The van der Waals surface area contributed by atoms with Crippen LogP contribution >= 0.6 is 0 Å². The topological polar surface area (TPSA) is 69.4 Å². The van der Waals surface area contributed by atoms with Crippen molar-refractivity contribution in [3.8, 4) is 22.9 Å². The molecule has 24 heavy (non-hydrogen) atoms. The van der Waals surface area contributed by atoms with Gasteiger partial charge in [-0.1, -0.05) is 5.16 Å². The van der Waals surface area contributed by atoms with E-state index in [9.17, 15) is 4.39 Å². The van der Waals surface area contributed by atoms with Crippen molar-refractivity contribution in [2.75, 3.05) is 19.5 Å². The van der Waals surface area contributed by atoms with E-state index < -0.39 is 0 Å². The third-order valence-corrected chi connectivity index (χ3v) is 3.41. The van der Waals surface area contributed by atoms with Crippen molar-refractivity contribution in [2.24, 2.45) is 0 Å². The SMILES string of the molecule is COc1ccc(-c2noc(CNc3ccc(F)cc3)n2)c(OC)c1. The summed E-state index contributed by atoms with van der Waals surface area (Å²) in [5.41, 5.74) is 1.47. The van der Waals surface area contributed by atoms with Crippen molar-refractivity contribution in [1.82, 2.24) is 10.1 Å². The Hall–Kier alpha value is -3.09. The average Bonchev–Trinajstić information content (AvgIpc) is 3.09. The fourth-order valence-corrected chi connectivity index (χ4v) is 2.16. The fourth-order valence-electron chi connectivity index (χ4n) is 2.16. The van der Waals surface area contributed by atoms with Crippen LogP contribution < -0.4 is 14.8 Å². The zero-order valence-corrected chi connectivity index (χ0v) is 13.2. The lowest BCUT2D eigenvalue weighted by atomic mass is 10.2. The zero-order valence-electron chi connectivity index (χ0n) is 13.2. The lowest BCUT2D eigenvalue weighted by molar-refractivity contribution is 0.382. The molecule has 3 aromatic rings. The molecule has 1 heterocycles. The highest BCUT2D eigenvalue weighted by Crippen LogP contribution is 2.31. The molecule has 1 N–H and O–H groups in total. The van der Waals surface area contributed by atoms with Crippen molar-refractivity contribution in [1.29, 1.82) is 0 Å². The van der Waals surface area contributed by atoms with Gasteiger partial charge in [-0.05, 0) is 36.4 Å². The third-order valence-electron chi connectivity index (χ3n) is 3.41. The molecule has 0 saturated carbocycles. The Bertz CT molecular complexity index is 818. The molecule has 0 aliphatic rings. The maximum absolute atomic E-state index is 12.9. The van der Waals surface area contributed by atoms with E-state index in [0.717, 1.165) is 5.69 Å². The van der Waals surface area contributed by atoms with Crippen LogP contribution in [0.3, 0.4) is 0 Å². The predicted molar refractivity (Wildman–Crippen MR) is 86.6 cm³/mol. The summed E-state index contributed by atoms with van der Waals surface area (Å²) < 4.78 is 28.6. The van der Waals surface area contributed by atoms with Gasteiger partial charge in [-0.25, -0.2) is 4.39 Å². The van der Waals surface area contributed by atoms with Gasteiger partial charge < -0.3 is 19.3 Å². The number of halogens is 1. The van der Waals surface area contributed by atoms with Crippen molar-refractivity contribution >= 4 is 5.69 Å². The van der Waals surface area contributed by atoms with Gasteiger partial charge in [0.15, 0.2) is 0 Å². The molecule has 0 saturated heterocycles. The molecule has 0 atom stereocenters. The number of ether oxygens (including phenoxy) is 2. The van der Waals surface area contributed by atoms with Crippen LogP contribution in [0.4, 0.5) is 10.1 Å². The standard InChI is InChI=1S/C17H16FN3O3/c1-22-13-7-8-14(15(9-13)23-2)17-20-16(24-21-17)10-19-12-5-3-11(18)4-6-12/h3-9,19H,10H2,1-2H3. The maximum atomic E-state index is 12.9. The molecule has 124 valence electrons. The summed E-state index contributed by atoms with van der Waals surface area (Å²) in [4.78, 5) is 4.34. The summed E-state index contributed by atoms with van der Waals surface area (Å²) >= 11 is 0. The van der Waals surface area contributed by atoms with Crippen LogP contribution in [-0.4, -0.2) is 24.4 Å². The summed E-state index contributed by atoms with van der Waals surface area (Å²) in [6.45, 7) is 0.330. The molecule has 2 aromatic carbocycles. The number of anilines is 1. The minimum absolute atomic E-state index is 0.285. The van der Waals surface area contributed by atoms with E-state index >= 15 is 0 Å². The van der Waals surface area contributed by atoms with E-state index in [2.05, 4.69) is 15.5 Å². The van der Waals surface area contributed by atoms with E-state index in [0.29, 0.717) is 35.3 Å². The second-order valence-corrected chi connectivity index (χ2v) is 4.94. The number of methoxy groups -OCH3 is 2. The highest BCUT2D eigenvalue weighted by molar-refractivity contribution is 5.65. The second kappa shape index (κ2) is 6.99. The first-order chi connectivity index (χ1) is 11.7.